The fraction of sp³-hybridized carbons (Fsp3) is 0.412. The van der Waals surface area contributed by atoms with Crippen LogP contribution in [0.2, 0.25) is 0 Å². The van der Waals surface area contributed by atoms with Gasteiger partial charge in [-0.25, -0.2) is 0 Å². The largest absolute Gasteiger partial charge is 0.0805 e. The van der Waals surface area contributed by atoms with E-state index >= 15 is 0 Å². The third kappa shape index (κ3) is 1.86. The molecule has 1 aromatic rings. The quantitative estimate of drug-likeness (QED) is 0.691. The van der Waals surface area contributed by atoms with Crippen molar-refractivity contribution < 1.29 is 0 Å². The first-order valence-corrected chi connectivity index (χ1v) is 6.80. The summed E-state index contributed by atoms with van der Waals surface area (Å²) in [5.41, 5.74) is 1.53. The molecule has 0 N–H and O–H groups in total. The van der Waals surface area contributed by atoms with Gasteiger partial charge in [-0.3, -0.25) is 0 Å². The lowest BCUT2D eigenvalue weighted by Gasteiger charge is -2.23. The lowest BCUT2D eigenvalue weighted by atomic mass is 9.81. The predicted molar refractivity (Wildman–Crippen MR) is 72.8 cm³/mol. The van der Waals surface area contributed by atoms with Gasteiger partial charge in [0.1, 0.15) is 0 Å². The van der Waals surface area contributed by atoms with E-state index in [0.29, 0.717) is 0 Å². The Morgan fingerprint density at radius 2 is 1.71 bits per heavy atom. The van der Waals surface area contributed by atoms with Crippen LogP contribution in [0.4, 0.5) is 0 Å². The van der Waals surface area contributed by atoms with Gasteiger partial charge in [-0.15, -0.1) is 0 Å². The molecule has 17 heavy (non-hydrogen) atoms. The van der Waals surface area contributed by atoms with Crippen molar-refractivity contribution in [2.45, 2.75) is 25.7 Å². The summed E-state index contributed by atoms with van der Waals surface area (Å²) in [7, 11) is 0. The summed E-state index contributed by atoms with van der Waals surface area (Å²) >= 11 is 0. The molecule has 0 heteroatoms. The smallest absolute Gasteiger partial charge is 0.00903 e. The lowest BCUT2D eigenvalue weighted by molar-refractivity contribution is 0.406. The second-order valence-corrected chi connectivity index (χ2v) is 5.35. The van der Waals surface area contributed by atoms with Crippen LogP contribution in [0.15, 0.2) is 54.6 Å². The summed E-state index contributed by atoms with van der Waals surface area (Å²) in [6, 6.07) is 11.1. The number of hydrogen-bond acceptors (Lipinski definition) is 0. The minimum atomic E-state index is 0.729. The van der Waals surface area contributed by atoms with Gasteiger partial charge >= 0.3 is 0 Å². The second-order valence-electron chi connectivity index (χ2n) is 5.35. The molecule has 4 unspecified atom stereocenters. The summed E-state index contributed by atoms with van der Waals surface area (Å²) in [5, 5.41) is 0. The van der Waals surface area contributed by atoms with Gasteiger partial charge in [-0.05, 0) is 35.7 Å². The first kappa shape index (κ1) is 10.8. The Bertz CT molecular complexity index is 427. The van der Waals surface area contributed by atoms with Crippen molar-refractivity contribution in [2.24, 2.45) is 17.8 Å². The van der Waals surface area contributed by atoms with Gasteiger partial charge < -0.3 is 0 Å². The number of fused-ring (bicyclic) bond motifs is 1. The molecule has 2 aliphatic rings. The van der Waals surface area contributed by atoms with Crippen molar-refractivity contribution in [2.75, 3.05) is 0 Å². The molecule has 1 aromatic carbocycles. The molecule has 0 spiro atoms. The SMILES string of the molecule is CCC1CC(c2ccccc2)C2C=CC=CC12. The van der Waals surface area contributed by atoms with Crippen LogP contribution in [0.3, 0.4) is 0 Å². The van der Waals surface area contributed by atoms with Crippen molar-refractivity contribution >= 4 is 0 Å². The van der Waals surface area contributed by atoms with Crippen molar-refractivity contribution in [3.05, 3.63) is 60.2 Å². The molecule has 0 saturated heterocycles. The average molecular weight is 224 g/mol. The summed E-state index contributed by atoms with van der Waals surface area (Å²) in [5.74, 6) is 3.10. The Hall–Kier alpha value is -1.30. The van der Waals surface area contributed by atoms with Gasteiger partial charge in [0.25, 0.3) is 0 Å². The zero-order valence-corrected chi connectivity index (χ0v) is 10.4. The maximum absolute atomic E-state index is 2.43. The van der Waals surface area contributed by atoms with E-state index in [1.54, 1.807) is 0 Å². The number of allylic oxidation sites excluding steroid dienone is 4. The van der Waals surface area contributed by atoms with Gasteiger partial charge in [-0.1, -0.05) is 68.0 Å². The van der Waals surface area contributed by atoms with E-state index in [0.717, 1.165) is 23.7 Å². The molecule has 2 aliphatic carbocycles. The first-order valence-electron chi connectivity index (χ1n) is 6.80. The molecule has 88 valence electrons. The van der Waals surface area contributed by atoms with Crippen molar-refractivity contribution in [1.29, 1.82) is 0 Å². The van der Waals surface area contributed by atoms with E-state index < -0.39 is 0 Å². The van der Waals surface area contributed by atoms with Crippen LogP contribution in [0.1, 0.15) is 31.2 Å². The molecular weight excluding hydrogens is 204 g/mol. The van der Waals surface area contributed by atoms with Crippen LogP contribution < -0.4 is 0 Å². The van der Waals surface area contributed by atoms with Crippen LogP contribution in [0.25, 0.3) is 0 Å². The van der Waals surface area contributed by atoms with Crippen LogP contribution in [-0.2, 0) is 0 Å². The average Bonchev–Trinajstić information content (AvgIpc) is 2.78. The minimum absolute atomic E-state index is 0.729. The fourth-order valence-corrected chi connectivity index (χ4v) is 3.65. The molecule has 0 radical (unpaired) electrons. The Balaban J connectivity index is 1.92. The number of benzene rings is 1. The van der Waals surface area contributed by atoms with Gasteiger partial charge in [-0.2, -0.15) is 0 Å². The fourth-order valence-electron chi connectivity index (χ4n) is 3.65. The van der Waals surface area contributed by atoms with E-state index in [4.69, 9.17) is 0 Å². The molecule has 0 heterocycles. The Kier molecular flexibility index (Phi) is 2.88. The highest BCUT2D eigenvalue weighted by Crippen LogP contribution is 2.50. The molecule has 0 aliphatic heterocycles. The molecule has 0 aromatic heterocycles. The van der Waals surface area contributed by atoms with E-state index in [1.807, 2.05) is 0 Å². The van der Waals surface area contributed by atoms with Crippen LogP contribution >= 0.6 is 0 Å². The maximum atomic E-state index is 2.43. The van der Waals surface area contributed by atoms with Crippen LogP contribution in [-0.4, -0.2) is 0 Å². The highest BCUT2D eigenvalue weighted by molar-refractivity contribution is 5.29. The van der Waals surface area contributed by atoms with E-state index in [-0.39, 0.29) is 0 Å². The third-order valence-corrected chi connectivity index (χ3v) is 4.54. The topological polar surface area (TPSA) is 0 Å². The van der Waals surface area contributed by atoms with Gasteiger partial charge in [0.2, 0.25) is 0 Å². The van der Waals surface area contributed by atoms with Crippen molar-refractivity contribution in [1.82, 2.24) is 0 Å². The summed E-state index contributed by atoms with van der Waals surface area (Å²) in [4.78, 5) is 0. The lowest BCUT2D eigenvalue weighted by Crippen LogP contribution is -2.14. The standard InChI is InChI=1S/C17H20/c1-2-13-12-17(14-8-4-3-5-9-14)16-11-7-6-10-15(13)16/h3-11,13,15-17H,2,12H2,1H3. The van der Waals surface area contributed by atoms with E-state index in [2.05, 4.69) is 61.6 Å². The highest BCUT2D eigenvalue weighted by atomic mass is 14.4. The molecule has 0 bridgehead atoms. The van der Waals surface area contributed by atoms with E-state index in [1.165, 1.54) is 18.4 Å². The summed E-state index contributed by atoms with van der Waals surface area (Å²) < 4.78 is 0. The van der Waals surface area contributed by atoms with Crippen molar-refractivity contribution in [3.8, 4) is 0 Å². The highest BCUT2D eigenvalue weighted by Gasteiger charge is 2.40. The summed E-state index contributed by atoms with van der Waals surface area (Å²) in [6.07, 6.45) is 12.0. The molecule has 1 fully saturated rings. The summed E-state index contributed by atoms with van der Waals surface area (Å²) in [6.45, 7) is 2.33. The number of hydrogen-bond donors (Lipinski definition) is 0. The molecular formula is C17H20. The Morgan fingerprint density at radius 3 is 2.41 bits per heavy atom. The second kappa shape index (κ2) is 4.52. The Labute approximate surface area is 104 Å². The molecule has 0 nitrogen and oxygen atoms in total. The van der Waals surface area contributed by atoms with Crippen LogP contribution in [0.5, 0.6) is 0 Å². The van der Waals surface area contributed by atoms with Crippen LogP contribution in [0, 0.1) is 17.8 Å². The monoisotopic (exact) mass is 224 g/mol. The van der Waals surface area contributed by atoms with Gasteiger partial charge in [0.15, 0.2) is 0 Å². The third-order valence-electron chi connectivity index (χ3n) is 4.54. The zero-order chi connectivity index (χ0) is 11.7. The number of rotatable bonds is 2. The molecule has 3 rings (SSSR count). The van der Waals surface area contributed by atoms with E-state index in [9.17, 15) is 0 Å². The molecule has 1 saturated carbocycles. The Morgan fingerprint density at radius 1 is 1.00 bits per heavy atom. The predicted octanol–water partition coefficient (Wildman–Crippen LogP) is 4.56. The van der Waals surface area contributed by atoms with Crippen molar-refractivity contribution in [3.63, 3.8) is 0 Å². The van der Waals surface area contributed by atoms with Gasteiger partial charge in [0.05, 0.1) is 0 Å². The minimum Gasteiger partial charge on any atom is -0.0805 e. The molecule has 0 amide bonds. The maximum Gasteiger partial charge on any atom is -0.00903 e. The zero-order valence-electron chi connectivity index (χ0n) is 10.4. The molecule has 4 atom stereocenters. The normalized spacial score (nSPS) is 34.9. The first-order chi connectivity index (χ1) is 8.40. The van der Waals surface area contributed by atoms with Gasteiger partial charge in [0, 0.05) is 0 Å².